The normalized spacial score (nSPS) is 11.4. The van der Waals surface area contributed by atoms with Crippen LogP contribution in [0.4, 0.5) is 8.78 Å². The Morgan fingerprint density at radius 3 is 2.38 bits per heavy atom. The Hall–Kier alpha value is -0.970. The van der Waals surface area contributed by atoms with Crippen LogP contribution < -0.4 is 5.32 Å². The van der Waals surface area contributed by atoms with Gasteiger partial charge in [0.2, 0.25) is 0 Å². The second-order valence-corrected chi connectivity index (χ2v) is 5.37. The third-order valence-corrected chi connectivity index (χ3v) is 2.18. The van der Waals surface area contributed by atoms with Gasteiger partial charge in [-0.3, -0.25) is 4.79 Å². The third kappa shape index (κ3) is 3.27. The van der Waals surface area contributed by atoms with Gasteiger partial charge in [-0.05, 0) is 32.9 Å². The van der Waals surface area contributed by atoms with Crippen LogP contribution in [0, 0.1) is 11.6 Å². The molecule has 0 aromatic heterocycles. The zero-order valence-corrected chi connectivity index (χ0v) is 10.8. The average molecular weight is 292 g/mol. The molecule has 0 atom stereocenters. The Kier molecular flexibility index (Phi) is 3.68. The maximum absolute atomic E-state index is 13.4. The first-order valence-corrected chi connectivity index (χ1v) is 5.47. The molecule has 2 nitrogen and oxygen atoms in total. The lowest BCUT2D eigenvalue weighted by atomic mass is 10.1. The molecule has 0 radical (unpaired) electrons. The molecule has 16 heavy (non-hydrogen) atoms. The first kappa shape index (κ1) is 13.1. The quantitative estimate of drug-likeness (QED) is 0.791. The minimum absolute atomic E-state index is 0.304. The molecule has 1 aromatic carbocycles. The van der Waals surface area contributed by atoms with E-state index in [1.54, 1.807) is 20.8 Å². The van der Waals surface area contributed by atoms with E-state index in [0.717, 1.165) is 6.07 Å². The van der Waals surface area contributed by atoms with Crippen LogP contribution in [0.1, 0.15) is 31.1 Å². The average Bonchev–Trinajstić information content (AvgIpc) is 2.08. The van der Waals surface area contributed by atoms with Crippen molar-refractivity contribution in [3.8, 4) is 0 Å². The van der Waals surface area contributed by atoms with E-state index >= 15 is 0 Å². The molecule has 0 bridgehead atoms. The van der Waals surface area contributed by atoms with Crippen LogP contribution in [0.15, 0.2) is 16.6 Å². The van der Waals surface area contributed by atoms with Gasteiger partial charge in [0.1, 0.15) is 0 Å². The molecule has 0 saturated carbocycles. The van der Waals surface area contributed by atoms with Crippen LogP contribution in [-0.2, 0) is 0 Å². The van der Waals surface area contributed by atoms with Gasteiger partial charge in [0, 0.05) is 10.0 Å². The van der Waals surface area contributed by atoms with Gasteiger partial charge in [0.25, 0.3) is 5.91 Å². The molecule has 0 fully saturated rings. The number of carbonyl (C=O) groups is 1. The summed E-state index contributed by atoms with van der Waals surface area (Å²) in [5.74, 6) is -2.82. The van der Waals surface area contributed by atoms with Crippen molar-refractivity contribution in [1.29, 1.82) is 0 Å². The fraction of sp³-hybridized carbons (Fsp3) is 0.364. The molecule has 1 amide bonds. The summed E-state index contributed by atoms with van der Waals surface area (Å²) >= 11 is 3.01. The second-order valence-electron chi connectivity index (χ2n) is 4.45. The number of nitrogens with one attached hydrogen (secondary N) is 1. The summed E-state index contributed by atoms with van der Waals surface area (Å²) in [6.45, 7) is 5.28. The standard InChI is InChI=1S/C11H12BrF2NO/c1-11(2,3)15-10(16)7-4-6(12)5-8(13)9(7)14/h4-5H,1-3H3,(H,15,16). The maximum atomic E-state index is 13.4. The topological polar surface area (TPSA) is 29.1 Å². The van der Waals surface area contributed by atoms with Gasteiger partial charge >= 0.3 is 0 Å². The van der Waals surface area contributed by atoms with Crippen molar-refractivity contribution in [2.24, 2.45) is 0 Å². The molecule has 1 rings (SSSR count). The smallest absolute Gasteiger partial charge is 0.254 e. The zero-order chi connectivity index (χ0) is 12.5. The molecule has 0 spiro atoms. The minimum Gasteiger partial charge on any atom is -0.347 e. The lowest BCUT2D eigenvalue weighted by Gasteiger charge is -2.20. The van der Waals surface area contributed by atoms with Crippen molar-refractivity contribution < 1.29 is 13.6 Å². The molecule has 0 aliphatic carbocycles. The zero-order valence-electron chi connectivity index (χ0n) is 9.20. The Balaban J connectivity index is 3.09. The van der Waals surface area contributed by atoms with Gasteiger partial charge < -0.3 is 5.32 Å². The van der Waals surface area contributed by atoms with E-state index in [2.05, 4.69) is 21.2 Å². The summed E-state index contributed by atoms with van der Waals surface area (Å²) in [7, 11) is 0. The van der Waals surface area contributed by atoms with E-state index in [1.807, 2.05) is 0 Å². The first-order valence-electron chi connectivity index (χ1n) is 4.68. The molecule has 0 aliphatic rings. The predicted octanol–water partition coefficient (Wildman–Crippen LogP) is 3.26. The molecule has 0 aliphatic heterocycles. The molecule has 1 N–H and O–H groups in total. The summed E-state index contributed by atoms with van der Waals surface area (Å²) in [6, 6.07) is 2.22. The highest BCUT2D eigenvalue weighted by Gasteiger charge is 2.20. The van der Waals surface area contributed by atoms with Crippen LogP contribution in [0.25, 0.3) is 0 Å². The van der Waals surface area contributed by atoms with Crippen LogP contribution >= 0.6 is 15.9 Å². The molecule has 88 valence electrons. The van der Waals surface area contributed by atoms with Crippen molar-refractivity contribution >= 4 is 21.8 Å². The highest BCUT2D eigenvalue weighted by molar-refractivity contribution is 9.10. The van der Waals surface area contributed by atoms with E-state index in [4.69, 9.17) is 0 Å². The van der Waals surface area contributed by atoms with Gasteiger partial charge in [-0.1, -0.05) is 15.9 Å². The fourth-order valence-corrected chi connectivity index (χ4v) is 1.56. The number of hydrogen-bond donors (Lipinski definition) is 1. The van der Waals surface area contributed by atoms with Gasteiger partial charge in [-0.25, -0.2) is 8.78 Å². The molecule has 0 heterocycles. The van der Waals surface area contributed by atoms with Gasteiger partial charge in [0.15, 0.2) is 11.6 Å². The van der Waals surface area contributed by atoms with Crippen molar-refractivity contribution in [1.82, 2.24) is 5.32 Å². The van der Waals surface area contributed by atoms with Gasteiger partial charge in [0.05, 0.1) is 5.56 Å². The lowest BCUT2D eigenvalue weighted by Crippen LogP contribution is -2.41. The number of amides is 1. The van der Waals surface area contributed by atoms with Crippen molar-refractivity contribution in [3.05, 3.63) is 33.8 Å². The van der Waals surface area contributed by atoms with Crippen LogP contribution in [0.2, 0.25) is 0 Å². The fourth-order valence-electron chi connectivity index (χ4n) is 1.13. The number of hydrogen-bond acceptors (Lipinski definition) is 1. The summed E-state index contributed by atoms with van der Waals surface area (Å²) in [5.41, 5.74) is -0.802. The van der Waals surface area contributed by atoms with E-state index in [9.17, 15) is 13.6 Å². The first-order chi connectivity index (χ1) is 7.20. The molecule has 0 unspecified atom stereocenters. The van der Waals surface area contributed by atoms with E-state index < -0.39 is 23.1 Å². The Bertz CT molecular complexity index is 427. The summed E-state index contributed by atoms with van der Waals surface area (Å²) in [6.07, 6.45) is 0. The number of halogens is 3. The summed E-state index contributed by atoms with van der Waals surface area (Å²) in [4.78, 5) is 11.6. The molecule has 1 aromatic rings. The minimum atomic E-state index is -1.13. The van der Waals surface area contributed by atoms with Crippen molar-refractivity contribution in [2.45, 2.75) is 26.3 Å². The Labute approximate surface area is 101 Å². The SMILES string of the molecule is CC(C)(C)NC(=O)c1cc(Br)cc(F)c1F. The Morgan fingerprint density at radius 2 is 1.88 bits per heavy atom. The molecular formula is C11H12BrF2NO. The van der Waals surface area contributed by atoms with Crippen molar-refractivity contribution in [2.75, 3.05) is 0 Å². The van der Waals surface area contributed by atoms with Crippen LogP contribution in [-0.4, -0.2) is 11.4 Å². The summed E-state index contributed by atoms with van der Waals surface area (Å²) in [5, 5.41) is 2.56. The van der Waals surface area contributed by atoms with Crippen molar-refractivity contribution in [3.63, 3.8) is 0 Å². The number of benzene rings is 1. The monoisotopic (exact) mass is 291 g/mol. The molecule has 5 heteroatoms. The summed E-state index contributed by atoms with van der Waals surface area (Å²) < 4.78 is 26.7. The number of carbonyl (C=O) groups excluding carboxylic acids is 1. The molecule has 0 saturated heterocycles. The highest BCUT2D eigenvalue weighted by Crippen LogP contribution is 2.19. The third-order valence-electron chi connectivity index (χ3n) is 1.73. The number of rotatable bonds is 1. The van der Waals surface area contributed by atoms with Crippen LogP contribution in [0.5, 0.6) is 0 Å². The van der Waals surface area contributed by atoms with Crippen LogP contribution in [0.3, 0.4) is 0 Å². The van der Waals surface area contributed by atoms with Gasteiger partial charge in [-0.15, -0.1) is 0 Å². The highest BCUT2D eigenvalue weighted by atomic mass is 79.9. The molecular weight excluding hydrogens is 280 g/mol. The van der Waals surface area contributed by atoms with E-state index in [-0.39, 0.29) is 5.56 Å². The van der Waals surface area contributed by atoms with E-state index in [1.165, 1.54) is 6.07 Å². The second kappa shape index (κ2) is 4.49. The van der Waals surface area contributed by atoms with E-state index in [0.29, 0.717) is 4.47 Å². The predicted molar refractivity (Wildman–Crippen MR) is 61.3 cm³/mol. The Morgan fingerprint density at radius 1 is 1.31 bits per heavy atom. The largest absolute Gasteiger partial charge is 0.347 e. The van der Waals surface area contributed by atoms with Gasteiger partial charge in [-0.2, -0.15) is 0 Å². The lowest BCUT2D eigenvalue weighted by molar-refractivity contribution is 0.0914. The maximum Gasteiger partial charge on any atom is 0.254 e.